The third kappa shape index (κ3) is 4.78. The summed E-state index contributed by atoms with van der Waals surface area (Å²) in [4.78, 5) is 5.38. The molecule has 1 unspecified atom stereocenters. The van der Waals surface area contributed by atoms with E-state index >= 15 is 0 Å². The third-order valence-corrected chi connectivity index (χ3v) is 4.30. The molecular formula is C14H26N2S. The molecule has 0 aliphatic rings. The number of aryl methyl sites for hydroxylation is 1. The zero-order valence-corrected chi connectivity index (χ0v) is 12.4. The van der Waals surface area contributed by atoms with Crippen LogP contribution in [0, 0.1) is 6.92 Å². The molecule has 1 N–H and O–H groups in total. The molecule has 0 amide bonds. The highest BCUT2D eigenvalue weighted by Crippen LogP contribution is 2.25. The fraction of sp³-hybridized carbons (Fsp3) is 0.714. The van der Waals surface area contributed by atoms with Crippen LogP contribution in [0.25, 0.3) is 0 Å². The van der Waals surface area contributed by atoms with Crippen LogP contribution in [0.1, 0.15) is 43.0 Å². The number of hydrogen-bond donors (Lipinski definition) is 1. The van der Waals surface area contributed by atoms with Gasteiger partial charge in [-0.05, 0) is 51.7 Å². The largest absolute Gasteiger partial charge is 0.309 e. The molecule has 1 heterocycles. The van der Waals surface area contributed by atoms with E-state index in [-0.39, 0.29) is 0 Å². The SMILES string of the molecule is CCNC(CCN(CC)CC)c1ccc(C)s1. The standard InChI is InChI=1S/C14H26N2S/c1-5-15-13(10-11-16(6-2)7-3)14-9-8-12(4)17-14/h8-9,13,15H,5-7,10-11H2,1-4H3. The minimum absolute atomic E-state index is 0.527. The van der Waals surface area contributed by atoms with Crippen molar-refractivity contribution in [3.63, 3.8) is 0 Å². The van der Waals surface area contributed by atoms with Crippen LogP contribution in [-0.4, -0.2) is 31.1 Å². The highest BCUT2D eigenvalue weighted by molar-refractivity contribution is 7.12. The fourth-order valence-corrected chi connectivity index (χ4v) is 3.07. The molecule has 17 heavy (non-hydrogen) atoms. The zero-order valence-electron chi connectivity index (χ0n) is 11.6. The lowest BCUT2D eigenvalue weighted by Crippen LogP contribution is -2.29. The van der Waals surface area contributed by atoms with Crippen molar-refractivity contribution in [2.24, 2.45) is 0 Å². The van der Waals surface area contributed by atoms with E-state index in [0.717, 1.165) is 19.6 Å². The Morgan fingerprint density at radius 2 is 1.94 bits per heavy atom. The van der Waals surface area contributed by atoms with Crippen molar-refractivity contribution in [2.45, 2.75) is 40.2 Å². The van der Waals surface area contributed by atoms with E-state index in [1.807, 2.05) is 11.3 Å². The van der Waals surface area contributed by atoms with E-state index in [0.29, 0.717) is 6.04 Å². The first-order chi connectivity index (χ1) is 8.21. The van der Waals surface area contributed by atoms with Crippen molar-refractivity contribution >= 4 is 11.3 Å². The van der Waals surface area contributed by atoms with Crippen molar-refractivity contribution in [2.75, 3.05) is 26.2 Å². The minimum atomic E-state index is 0.527. The molecule has 0 aliphatic heterocycles. The quantitative estimate of drug-likeness (QED) is 0.764. The third-order valence-electron chi connectivity index (χ3n) is 3.18. The Kier molecular flexibility index (Phi) is 6.78. The summed E-state index contributed by atoms with van der Waals surface area (Å²) in [6, 6.07) is 5.02. The molecule has 2 nitrogen and oxygen atoms in total. The molecule has 1 aromatic heterocycles. The van der Waals surface area contributed by atoms with Crippen LogP contribution in [0.3, 0.4) is 0 Å². The van der Waals surface area contributed by atoms with Gasteiger partial charge in [-0.25, -0.2) is 0 Å². The molecule has 98 valence electrons. The van der Waals surface area contributed by atoms with Gasteiger partial charge in [0, 0.05) is 15.8 Å². The lowest BCUT2D eigenvalue weighted by Gasteiger charge is -2.22. The van der Waals surface area contributed by atoms with Gasteiger partial charge in [0.2, 0.25) is 0 Å². The number of hydrogen-bond acceptors (Lipinski definition) is 3. The Bertz CT molecular complexity index is 305. The van der Waals surface area contributed by atoms with Gasteiger partial charge >= 0.3 is 0 Å². The van der Waals surface area contributed by atoms with Crippen molar-refractivity contribution in [1.82, 2.24) is 10.2 Å². The van der Waals surface area contributed by atoms with Gasteiger partial charge in [-0.3, -0.25) is 0 Å². The van der Waals surface area contributed by atoms with Gasteiger partial charge in [-0.1, -0.05) is 20.8 Å². The van der Waals surface area contributed by atoms with E-state index < -0.39 is 0 Å². The predicted molar refractivity (Wildman–Crippen MR) is 77.9 cm³/mol. The second-order valence-electron chi connectivity index (χ2n) is 4.37. The van der Waals surface area contributed by atoms with Crippen molar-refractivity contribution < 1.29 is 0 Å². The first-order valence-electron chi connectivity index (χ1n) is 6.73. The molecule has 0 spiro atoms. The monoisotopic (exact) mass is 254 g/mol. The van der Waals surface area contributed by atoms with Crippen LogP contribution in [-0.2, 0) is 0 Å². The van der Waals surface area contributed by atoms with Gasteiger partial charge < -0.3 is 10.2 Å². The highest BCUT2D eigenvalue weighted by Gasteiger charge is 2.13. The van der Waals surface area contributed by atoms with Gasteiger partial charge in [0.05, 0.1) is 0 Å². The number of nitrogens with one attached hydrogen (secondary N) is 1. The number of rotatable bonds is 8. The van der Waals surface area contributed by atoms with E-state index in [1.54, 1.807) is 0 Å². The fourth-order valence-electron chi connectivity index (χ4n) is 2.08. The molecule has 1 aromatic rings. The van der Waals surface area contributed by atoms with Gasteiger partial charge in [-0.2, -0.15) is 0 Å². The first-order valence-corrected chi connectivity index (χ1v) is 7.54. The highest BCUT2D eigenvalue weighted by atomic mass is 32.1. The summed E-state index contributed by atoms with van der Waals surface area (Å²) in [5.74, 6) is 0. The average Bonchev–Trinajstić information content (AvgIpc) is 2.75. The first kappa shape index (κ1) is 14.7. The molecule has 0 aromatic carbocycles. The maximum absolute atomic E-state index is 3.60. The molecule has 0 saturated heterocycles. The average molecular weight is 254 g/mol. The molecule has 0 radical (unpaired) electrons. The van der Waals surface area contributed by atoms with Gasteiger partial charge in [0.25, 0.3) is 0 Å². The topological polar surface area (TPSA) is 15.3 Å². The van der Waals surface area contributed by atoms with E-state index in [4.69, 9.17) is 0 Å². The second kappa shape index (κ2) is 7.85. The number of nitrogens with zero attached hydrogens (tertiary/aromatic N) is 1. The summed E-state index contributed by atoms with van der Waals surface area (Å²) in [6.45, 7) is 13.4. The maximum Gasteiger partial charge on any atom is 0.0427 e. The van der Waals surface area contributed by atoms with Gasteiger partial charge in [-0.15, -0.1) is 11.3 Å². The van der Waals surface area contributed by atoms with Gasteiger partial charge in [0.1, 0.15) is 0 Å². The molecular weight excluding hydrogens is 228 g/mol. The summed E-state index contributed by atoms with van der Waals surface area (Å²) in [6.07, 6.45) is 1.20. The second-order valence-corrected chi connectivity index (χ2v) is 5.69. The van der Waals surface area contributed by atoms with E-state index in [9.17, 15) is 0 Å². The lowest BCUT2D eigenvalue weighted by atomic mass is 10.1. The molecule has 0 fully saturated rings. The lowest BCUT2D eigenvalue weighted by molar-refractivity contribution is 0.283. The summed E-state index contributed by atoms with van der Waals surface area (Å²) in [5, 5.41) is 3.60. The molecule has 0 aliphatic carbocycles. The molecule has 1 rings (SSSR count). The Morgan fingerprint density at radius 1 is 1.24 bits per heavy atom. The Morgan fingerprint density at radius 3 is 2.41 bits per heavy atom. The van der Waals surface area contributed by atoms with Crippen molar-refractivity contribution in [3.05, 3.63) is 21.9 Å². The van der Waals surface area contributed by atoms with E-state index in [2.05, 4.69) is 50.0 Å². The summed E-state index contributed by atoms with van der Waals surface area (Å²) < 4.78 is 0. The normalized spacial score (nSPS) is 13.2. The Balaban J connectivity index is 2.54. The van der Waals surface area contributed by atoms with Crippen molar-refractivity contribution in [3.8, 4) is 0 Å². The van der Waals surface area contributed by atoms with Crippen LogP contribution < -0.4 is 5.32 Å². The van der Waals surface area contributed by atoms with Crippen LogP contribution in [0.15, 0.2) is 12.1 Å². The molecule has 3 heteroatoms. The van der Waals surface area contributed by atoms with Crippen LogP contribution in [0.5, 0.6) is 0 Å². The molecule has 0 bridgehead atoms. The summed E-state index contributed by atoms with van der Waals surface area (Å²) in [5.41, 5.74) is 0. The molecule has 1 atom stereocenters. The minimum Gasteiger partial charge on any atom is -0.309 e. The zero-order chi connectivity index (χ0) is 12.7. The van der Waals surface area contributed by atoms with E-state index in [1.165, 1.54) is 22.7 Å². The van der Waals surface area contributed by atoms with Crippen LogP contribution >= 0.6 is 11.3 Å². The summed E-state index contributed by atoms with van der Waals surface area (Å²) in [7, 11) is 0. The number of thiophene rings is 1. The van der Waals surface area contributed by atoms with Crippen LogP contribution in [0.2, 0.25) is 0 Å². The maximum atomic E-state index is 3.60. The Hall–Kier alpha value is -0.380. The van der Waals surface area contributed by atoms with Crippen LogP contribution in [0.4, 0.5) is 0 Å². The van der Waals surface area contributed by atoms with Crippen molar-refractivity contribution in [1.29, 1.82) is 0 Å². The Labute approximate surface area is 110 Å². The molecule has 0 saturated carbocycles. The van der Waals surface area contributed by atoms with Gasteiger partial charge in [0.15, 0.2) is 0 Å². The predicted octanol–water partition coefficient (Wildman–Crippen LogP) is 3.44. The smallest absolute Gasteiger partial charge is 0.0427 e. The summed E-state index contributed by atoms with van der Waals surface area (Å²) >= 11 is 1.92.